The first kappa shape index (κ1) is 22.9. The van der Waals surface area contributed by atoms with Crippen molar-refractivity contribution in [2.45, 2.75) is 17.5 Å². The van der Waals surface area contributed by atoms with Crippen LogP contribution in [0.5, 0.6) is 11.5 Å². The second kappa shape index (κ2) is 8.82. The van der Waals surface area contributed by atoms with E-state index in [9.17, 15) is 9.59 Å². The van der Waals surface area contributed by atoms with Crippen LogP contribution in [0.3, 0.4) is 0 Å². The summed E-state index contributed by atoms with van der Waals surface area (Å²) in [7, 11) is 3.21. The van der Waals surface area contributed by atoms with Crippen LogP contribution in [0, 0.1) is 0 Å². The van der Waals surface area contributed by atoms with E-state index < -0.39 is 11.6 Å². The first-order chi connectivity index (χ1) is 18.1. The first-order valence-electron chi connectivity index (χ1n) is 12.2. The number of carbonyl (C=O) groups is 2. The van der Waals surface area contributed by atoms with Gasteiger partial charge in [-0.3, -0.25) is 9.59 Å². The molecule has 1 aliphatic carbocycles. The van der Waals surface area contributed by atoms with E-state index in [1.54, 1.807) is 26.4 Å². The van der Waals surface area contributed by atoms with Gasteiger partial charge in [0.25, 0.3) is 11.8 Å². The molecule has 2 aliphatic rings. The summed E-state index contributed by atoms with van der Waals surface area (Å²) >= 11 is 0. The third-order valence-corrected chi connectivity index (χ3v) is 7.50. The molecule has 0 unspecified atom stereocenters. The second-order valence-electron chi connectivity index (χ2n) is 9.30. The van der Waals surface area contributed by atoms with E-state index in [2.05, 4.69) is 10.6 Å². The lowest BCUT2D eigenvalue weighted by Gasteiger charge is -2.36. The van der Waals surface area contributed by atoms with Crippen LogP contribution in [0.2, 0.25) is 0 Å². The zero-order chi connectivity index (χ0) is 25.6. The third-order valence-electron chi connectivity index (χ3n) is 7.50. The quantitative estimate of drug-likeness (QED) is 0.415. The molecule has 0 radical (unpaired) electrons. The molecular weight excluding hydrogens is 464 g/mol. The van der Waals surface area contributed by atoms with Gasteiger partial charge in [0.05, 0.1) is 20.3 Å². The van der Waals surface area contributed by atoms with E-state index in [0.29, 0.717) is 22.6 Å². The fourth-order valence-electron chi connectivity index (χ4n) is 5.99. The van der Waals surface area contributed by atoms with Gasteiger partial charge in [-0.05, 0) is 41.0 Å². The molecule has 3 atom stereocenters. The van der Waals surface area contributed by atoms with Crippen molar-refractivity contribution in [1.82, 2.24) is 10.6 Å². The molecule has 6 nitrogen and oxygen atoms in total. The van der Waals surface area contributed by atoms with Crippen molar-refractivity contribution in [1.29, 1.82) is 0 Å². The molecule has 4 aromatic rings. The number of hydrogen-bond acceptors (Lipinski definition) is 4. The van der Waals surface area contributed by atoms with Gasteiger partial charge in [0.1, 0.15) is 17.0 Å². The highest BCUT2D eigenvalue weighted by atomic mass is 16.5. The van der Waals surface area contributed by atoms with Crippen LogP contribution < -0.4 is 20.1 Å². The predicted molar refractivity (Wildman–Crippen MR) is 140 cm³/mol. The van der Waals surface area contributed by atoms with Crippen molar-refractivity contribution in [2.24, 2.45) is 0 Å². The van der Waals surface area contributed by atoms with Gasteiger partial charge in [0.15, 0.2) is 0 Å². The molecular formula is C31H26N2O4. The van der Waals surface area contributed by atoms with Gasteiger partial charge in [-0.2, -0.15) is 0 Å². The highest BCUT2D eigenvalue weighted by Gasteiger charge is 2.60. The van der Waals surface area contributed by atoms with E-state index in [1.165, 1.54) is 0 Å². The highest BCUT2D eigenvalue weighted by Crippen LogP contribution is 2.61. The molecule has 0 bridgehead atoms. The van der Waals surface area contributed by atoms with E-state index in [1.807, 2.05) is 84.9 Å². The first-order valence-corrected chi connectivity index (χ1v) is 12.2. The van der Waals surface area contributed by atoms with Crippen molar-refractivity contribution in [2.75, 3.05) is 14.2 Å². The number of methoxy groups -OCH3 is 2. The monoisotopic (exact) mass is 490 g/mol. The second-order valence-corrected chi connectivity index (χ2v) is 9.30. The normalized spacial score (nSPS) is 21.2. The molecule has 4 aromatic carbocycles. The summed E-state index contributed by atoms with van der Waals surface area (Å²) < 4.78 is 11.5. The Balaban J connectivity index is 1.65. The minimum Gasteiger partial charge on any atom is -0.497 e. The maximum Gasteiger partial charge on any atom is 0.252 e. The van der Waals surface area contributed by atoms with Gasteiger partial charge in [-0.1, -0.05) is 66.7 Å². The summed E-state index contributed by atoms with van der Waals surface area (Å²) in [6.45, 7) is 0. The molecule has 1 spiro atoms. The van der Waals surface area contributed by atoms with E-state index in [-0.39, 0.29) is 17.7 Å². The van der Waals surface area contributed by atoms with E-state index in [0.717, 1.165) is 22.3 Å². The van der Waals surface area contributed by atoms with Crippen LogP contribution in [-0.4, -0.2) is 26.0 Å². The standard InChI is InChI=1S/C31H26N2O4/c1-36-21-17-24-26(25(18-21)37-2)28(32-29(34)20-13-7-4-8-14-20)27(19-11-5-3-6-12-19)31(24)23-16-10-9-15-22(23)30(35)33-31/h3-18,27-28H,1-2H3,(H,32,34)(H,33,35)/t27-,28+,31+/m0/s1. The van der Waals surface area contributed by atoms with Gasteiger partial charge in [-0.15, -0.1) is 0 Å². The van der Waals surface area contributed by atoms with E-state index in [4.69, 9.17) is 9.47 Å². The number of fused-ring (bicyclic) bond motifs is 4. The lowest BCUT2D eigenvalue weighted by molar-refractivity contribution is 0.0914. The largest absolute Gasteiger partial charge is 0.497 e. The molecule has 0 aromatic heterocycles. The van der Waals surface area contributed by atoms with E-state index >= 15 is 0 Å². The summed E-state index contributed by atoms with van der Waals surface area (Å²) in [5.41, 5.74) is 3.73. The summed E-state index contributed by atoms with van der Waals surface area (Å²) in [6.07, 6.45) is 0. The number of ether oxygens (including phenoxy) is 2. The highest BCUT2D eigenvalue weighted by molar-refractivity contribution is 6.02. The minimum atomic E-state index is -0.944. The fourth-order valence-corrected chi connectivity index (χ4v) is 5.99. The minimum absolute atomic E-state index is 0.153. The molecule has 1 heterocycles. The van der Waals surface area contributed by atoms with Crippen LogP contribution in [0.25, 0.3) is 0 Å². The zero-order valence-corrected chi connectivity index (χ0v) is 20.5. The summed E-state index contributed by atoms with van der Waals surface area (Å²) in [6, 6.07) is 30.0. The molecule has 2 N–H and O–H groups in total. The average Bonchev–Trinajstić information content (AvgIpc) is 3.40. The molecule has 6 heteroatoms. The summed E-state index contributed by atoms with van der Waals surface area (Å²) in [5.74, 6) is 0.480. The van der Waals surface area contributed by atoms with Crippen molar-refractivity contribution < 1.29 is 19.1 Å². The molecule has 37 heavy (non-hydrogen) atoms. The Labute approximate surface area is 215 Å². The van der Waals surface area contributed by atoms with Crippen molar-refractivity contribution in [3.8, 4) is 11.5 Å². The van der Waals surface area contributed by atoms with Gasteiger partial charge in [0, 0.05) is 28.7 Å². The van der Waals surface area contributed by atoms with Crippen LogP contribution in [0.15, 0.2) is 97.1 Å². The number of rotatable bonds is 5. The molecule has 184 valence electrons. The maximum absolute atomic E-state index is 13.6. The SMILES string of the molecule is COc1cc(OC)c2c(c1)[C@@]1(NC(=O)c3ccccc31)[C@@H](c1ccccc1)[C@@H]2NC(=O)c1ccccc1. The summed E-state index contributed by atoms with van der Waals surface area (Å²) in [5, 5.41) is 6.64. The molecule has 1 aliphatic heterocycles. The van der Waals surface area contributed by atoms with Crippen LogP contribution in [0.1, 0.15) is 54.9 Å². The maximum atomic E-state index is 13.6. The van der Waals surface area contributed by atoms with Gasteiger partial charge >= 0.3 is 0 Å². The Morgan fingerprint density at radius 2 is 1.51 bits per heavy atom. The lowest BCUT2D eigenvalue weighted by Crippen LogP contribution is -2.45. The Kier molecular flexibility index (Phi) is 5.45. The Bertz CT molecular complexity index is 1500. The average molecular weight is 491 g/mol. The molecule has 2 amide bonds. The third kappa shape index (κ3) is 3.40. The van der Waals surface area contributed by atoms with Crippen LogP contribution >= 0.6 is 0 Å². The van der Waals surface area contributed by atoms with Crippen molar-refractivity contribution >= 4 is 11.8 Å². The molecule has 6 rings (SSSR count). The Hall–Kier alpha value is -4.58. The molecule has 0 fully saturated rings. The van der Waals surface area contributed by atoms with Crippen LogP contribution in [0.4, 0.5) is 0 Å². The number of amides is 2. The number of hydrogen-bond donors (Lipinski definition) is 2. The van der Waals surface area contributed by atoms with Gasteiger partial charge < -0.3 is 20.1 Å². The number of carbonyl (C=O) groups excluding carboxylic acids is 2. The van der Waals surface area contributed by atoms with Crippen molar-refractivity contribution in [3.63, 3.8) is 0 Å². The summed E-state index contributed by atoms with van der Waals surface area (Å²) in [4.78, 5) is 27.0. The lowest BCUT2D eigenvalue weighted by atomic mass is 9.74. The Morgan fingerprint density at radius 3 is 2.22 bits per heavy atom. The molecule has 0 saturated heterocycles. The van der Waals surface area contributed by atoms with Gasteiger partial charge in [0.2, 0.25) is 0 Å². The van der Waals surface area contributed by atoms with Gasteiger partial charge in [-0.25, -0.2) is 0 Å². The van der Waals surface area contributed by atoms with Crippen LogP contribution in [-0.2, 0) is 5.54 Å². The number of benzene rings is 4. The topological polar surface area (TPSA) is 76.7 Å². The van der Waals surface area contributed by atoms with Crippen molar-refractivity contribution in [3.05, 3.63) is 130 Å². The Morgan fingerprint density at radius 1 is 0.838 bits per heavy atom. The smallest absolute Gasteiger partial charge is 0.252 e. The fraction of sp³-hybridized carbons (Fsp3) is 0.161. The number of nitrogens with one attached hydrogen (secondary N) is 2. The zero-order valence-electron chi connectivity index (χ0n) is 20.5. The predicted octanol–water partition coefficient (Wildman–Crippen LogP) is 4.96. The molecule has 0 saturated carbocycles.